The van der Waals surface area contributed by atoms with Gasteiger partial charge < -0.3 is 14.8 Å². The Kier molecular flexibility index (Phi) is 6.36. The fraction of sp³-hybridized carbons (Fsp3) is 0.500. The van der Waals surface area contributed by atoms with Crippen LogP contribution in [0.2, 0.25) is 0 Å². The van der Waals surface area contributed by atoms with Crippen molar-refractivity contribution in [3.05, 3.63) is 16.0 Å². The lowest BCUT2D eigenvalue weighted by Gasteiger charge is -2.04. The van der Waals surface area contributed by atoms with Crippen LogP contribution < -0.4 is 5.32 Å². The predicted octanol–water partition coefficient (Wildman–Crippen LogP) is 2.41. The Morgan fingerprint density at radius 2 is 1.90 bits per heavy atom. The van der Waals surface area contributed by atoms with Gasteiger partial charge in [-0.1, -0.05) is 0 Å². The standard InChI is InChI=1S/C14H19NO5S/c1-5-15-13-11(14(18)19-4)8(3)12(21-13)9(16)7-10(17)20-6-2/h15H,5-7H2,1-4H3. The zero-order chi connectivity index (χ0) is 16.0. The van der Waals surface area contributed by atoms with Gasteiger partial charge in [-0.3, -0.25) is 9.59 Å². The van der Waals surface area contributed by atoms with Crippen LogP contribution in [0.25, 0.3) is 0 Å². The number of ketones is 1. The Labute approximate surface area is 127 Å². The molecule has 0 atom stereocenters. The van der Waals surface area contributed by atoms with Crippen molar-refractivity contribution in [1.29, 1.82) is 0 Å². The van der Waals surface area contributed by atoms with Crippen LogP contribution in [0, 0.1) is 6.92 Å². The number of Topliss-reactive ketones (excluding diaryl/α,β-unsaturated/α-hetero) is 1. The summed E-state index contributed by atoms with van der Waals surface area (Å²) < 4.78 is 9.51. The van der Waals surface area contributed by atoms with Gasteiger partial charge in [0.25, 0.3) is 0 Å². The van der Waals surface area contributed by atoms with Gasteiger partial charge in [-0.2, -0.15) is 0 Å². The summed E-state index contributed by atoms with van der Waals surface area (Å²) in [5, 5.41) is 3.61. The van der Waals surface area contributed by atoms with Crippen LogP contribution in [-0.4, -0.2) is 38.0 Å². The predicted molar refractivity (Wildman–Crippen MR) is 80.1 cm³/mol. The molecule has 1 N–H and O–H groups in total. The van der Waals surface area contributed by atoms with E-state index in [0.717, 1.165) is 11.3 Å². The Morgan fingerprint density at radius 1 is 1.24 bits per heavy atom. The second-order valence-corrected chi connectivity index (χ2v) is 5.21. The third kappa shape index (κ3) is 4.04. The van der Waals surface area contributed by atoms with Crippen molar-refractivity contribution in [1.82, 2.24) is 0 Å². The maximum Gasteiger partial charge on any atom is 0.341 e. The highest BCUT2D eigenvalue weighted by atomic mass is 32.1. The molecule has 0 aliphatic heterocycles. The number of rotatable bonds is 7. The second-order valence-electron chi connectivity index (χ2n) is 4.19. The van der Waals surface area contributed by atoms with Gasteiger partial charge in [0.15, 0.2) is 5.78 Å². The minimum Gasteiger partial charge on any atom is -0.466 e. The number of nitrogens with one attached hydrogen (secondary N) is 1. The Bertz CT molecular complexity index is 550. The molecule has 21 heavy (non-hydrogen) atoms. The molecule has 116 valence electrons. The van der Waals surface area contributed by atoms with Crippen molar-refractivity contribution in [3.63, 3.8) is 0 Å². The Balaban J connectivity index is 3.10. The van der Waals surface area contributed by atoms with E-state index in [1.807, 2.05) is 6.92 Å². The summed E-state index contributed by atoms with van der Waals surface area (Å²) in [4.78, 5) is 35.8. The maximum absolute atomic E-state index is 12.2. The van der Waals surface area contributed by atoms with Crippen LogP contribution >= 0.6 is 11.3 Å². The highest BCUT2D eigenvalue weighted by molar-refractivity contribution is 7.18. The number of hydrogen-bond donors (Lipinski definition) is 1. The molecule has 1 aromatic heterocycles. The molecule has 0 aliphatic rings. The van der Waals surface area contributed by atoms with Crippen LogP contribution in [0.3, 0.4) is 0 Å². The number of carbonyl (C=O) groups is 3. The van der Waals surface area contributed by atoms with E-state index in [1.54, 1.807) is 13.8 Å². The van der Waals surface area contributed by atoms with E-state index in [2.05, 4.69) is 5.32 Å². The first kappa shape index (κ1) is 17.2. The lowest BCUT2D eigenvalue weighted by atomic mass is 10.1. The topological polar surface area (TPSA) is 81.7 Å². The lowest BCUT2D eigenvalue weighted by molar-refractivity contribution is -0.141. The first-order valence-corrected chi connectivity index (χ1v) is 7.42. The summed E-state index contributed by atoms with van der Waals surface area (Å²) in [5.41, 5.74) is 0.869. The van der Waals surface area contributed by atoms with Gasteiger partial charge in [-0.05, 0) is 26.3 Å². The molecule has 0 saturated heterocycles. The highest BCUT2D eigenvalue weighted by Gasteiger charge is 2.26. The fourth-order valence-electron chi connectivity index (χ4n) is 1.84. The van der Waals surface area contributed by atoms with Crippen LogP contribution in [0.15, 0.2) is 0 Å². The molecule has 7 heteroatoms. The average Bonchev–Trinajstić information content (AvgIpc) is 2.75. The van der Waals surface area contributed by atoms with E-state index in [1.165, 1.54) is 7.11 Å². The van der Waals surface area contributed by atoms with E-state index >= 15 is 0 Å². The molecule has 1 heterocycles. The molecule has 0 amide bonds. The quantitative estimate of drug-likeness (QED) is 0.473. The van der Waals surface area contributed by atoms with Crippen LogP contribution in [0.5, 0.6) is 0 Å². The number of methoxy groups -OCH3 is 1. The SMILES string of the molecule is CCNc1sc(C(=O)CC(=O)OCC)c(C)c1C(=O)OC. The molecule has 1 aromatic rings. The van der Waals surface area contributed by atoms with Crippen molar-refractivity contribution in [2.24, 2.45) is 0 Å². The van der Waals surface area contributed by atoms with Gasteiger partial charge in [0.05, 0.1) is 24.2 Å². The molecule has 0 aromatic carbocycles. The van der Waals surface area contributed by atoms with Crippen LogP contribution in [-0.2, 0) is 14.3 Å². The zero-order valence-electron chi connectivity index (χ0n) is 12.6. The Morgan fingerprint density at radius 3 is 2.43 bits per heavy atom. The Hall–Kier alpha value is -1.89. The summed E-state index contributed by atoms with van der Waals surface area (Å²) >= 11 is 1.15. The molecular formula is C14H19NO5S. The summed E-state index contributed by atoms with van der Waals surface area (Å²) in [7, 11) is 1.29. The minimum absolute atomic E-state index is 0.228. The van der Waals surface area contributed by atoms with E-state index < -0.39 is 11.9 Å². The second kappa shape index (κ2) is 7.78. The summed E-state index contributed by atoms with van der Waals surface area (Å²) in [6.07, 6.45) is -0.332. The molecule has 0 bridgehead atoms. The zero-order valence-corrected chi connectivity index (χ0v) is 13.4. The molecule has 0 fully saturated rings. The van der Waals surface area contributed by atoms with E-state index in [9.17, 15) is 14.4 Å². The summed E-state index contributed by atoms with van der Waals surface area (Å²) in [6, 6.07) is 0. The highest BCUT2D eigenvalue weighted by Crippen LogP contribution is 2.34. The van der Waals surface area contributed by atoms with Crippen molar-refractivity contribution in [3.8, 4) is 0 Å². The number of carbonyl (C=O) groups excluding carboxylic acids is 3. The van der Waals surface area contributed by atoms with Crippen molar-refractivity contribution >= 4 is 34.1 Å². The van der Waals surface area contributed by atoms with Crippen LogP contribution in [0.1, 0.15) is 45.9 Å². The smallest absolute Gasteiger partial charge is 0.341 e. The molecule has 0 radical (unpaired) electrons. The molecule has 0 aliphatic carbocycles. The third-order valence-electron chi connectivity index (χ3n) is 2.74. The van der Waals surface area contributed by atoms with E-state index in [4.69, 9.17) is 9.47 Å². The lowest BCUT2D eigenvalue weighted by Crippen LogP contribution is -2.11. The monoisotopic (exact) mass is 313 g/mol. The van der Waals surface area contributed by atoms with E-state index in [-0.39, 0.29) is 18.8 Å². The first-order chi connectivity index (χ1) is 9.96. The van der Waals surface area contributed by atoms with Gasteiger partial charge in [0, 0.05) is 6.54 Å². The molecular weight excluding hydrogens is 294 g/mol. The fourth-order valence-corrected chi connectivity index (χ4v) is 3.04. The van der Waals surface area contributed by atoms with Crippen molar-refractivity contribution in [2.75, 3.05) is 25.6 Å². The molecule has 6 nitrogen and oxygen atoms in total. The average molecular weight is 313 g/mol. The molecule has 0 saturated carbocycles. The van der Waals surface area contributed by atoms with Gasteiger partial charge >= 0.3 is 11.9 Å². The number of anilines is 1. The van der Waals surface area contributed by atoms with E-state index in [0.29, 0.717) is 27.5 Å². The van der Waals surface area contributed by atoms with Crippen molar-refractivity contribution < 1.29 is 23.9 Å². The molecule has 0 unspecified atom stereocenters. The number of hydrogen-bond acceptors (Lipinski definition) is 7. The normalized spacial score (nSPS) is 10.1. The maximum atomic E-state index is 12.2. The van der Waals surface area contributed by atoms with Gasteiger partial charge in [-0.25, -0.2) is 4.79 Å². The summed E-state index contributed by atoms with van der Waals surface area (Å²) in [6.45, 7) is 6.07. The van der Waals surface area contributed by atoms with Gasteiger partial charge in [0.2, 0.25) is 0 Å². The largest absolute Gasteiger partial charge is 0.466 e. The van der Waals surface area contributed by atoms with Gasteiger partial charge in [0.1, 0.15) is 11.4 Å². The number of ether oxygens (including phenoxy) is 2. The minimum atomic E-state index is -0.570. The number of thiophene rings is 1. The molecule has 0 spiro atoms. The number of esters is 2. The third-order valence-corrected chi connectivity index (χ3v) is 4.03. The molecule has 1 rings (SSSR count). The van der Waals surface area contributed by atoms with Crippen molar-refractivity contribution in [2.45, 2.75) is 27.2 Å². The first-order valence-electron chi connectivity index (χ1n) is 6.60. The van der Waals surface area contributed by atoms with Gasteiger partial charge in [-0.15, -0.1) is 11.3 Å². The van der Waals surface area contributed by atoms with Crippen LogP contribution in [0.4, 0.5) is 5.00 Å². The summed E-state index contributed by atoms with van der Waals surface area (Å²) in [5.74, 6) is -1.43.